The Labute approximate surface area is 123 Å². The minimum atomic E-state index is -0.270. The van der Waals surface area contributed by atoms with Crippen LogP contribution in [0.1, 0.15) is 26.8 Å². The number of hydrogen-bond acceptors (Lipinski definition) is 4. The molecule has 0 radical (unpaired) electrons. The predicted molar refractivity (Wildman–Crippen MR) is 78.5 cm³/mol. The van der Waals surface area contributed by atoms with Crippen LogP contribution in [-0.2, 0) is 6.54 Å². The highest BCUT2D eigenvalue weighted by atomic mass is 79.9. The van der Waals surface area contributed by atoms with E-state index in [1.807, 2.05) is 26.8 Å². The van der Waals surface area contributed by atoms with Crippen LogP contribution in [0.15, 0.2) is 15.3 Å². The minimum Gasteiger partial charge on any atom is -0.304 e. The van der Waals surface area contributed by atoms with Crippen molar-refractivity contribution in [3.05, 3.63) is 47.7 Å². The van der Waals surface area contributed by atoms with Gasteiger partial charge < -0.3 is 4.57 Å². The molecule has 0 bridgehead atoms. The first-order valence-corrected chi connectivity index (χ1v) is 7.28. The van der Waals surface area contributed by atoms with Crippen LogP contribution in [0.25, 0.3) is 0 Å². The summed E-state index contributed by atoms with van der Waals surface area (Å²) in [6.45, 7) is 6.21. The Morgan fingerprint density at radius 2 is 2.16 bits per heavy atom. The number of thiazole rings is 1. The summed E-state index contributed by atoms with van der Waals surface area (Å²) in [5.74, 6) is 0. The molecule has 0 aromatic carbocycles. The van der Waals surface area contributed by atoms with E-state index in [1.54, 1.807) is 22.0 Å². The molecule has 0 N–H and O–H groups in total. The second kappa shape index (κ2) is 5.27. The van der Waals surface area contributed by atoms with Crippen molar-refractivity contribution in [1.29, 1.82) is 5.26 Å². The Morgan fingerprint density at radius 3 is 2.68 bits per heavy atom. The summed E-state index contributed by atoms with van der Waals surface area (Å²) >= 11 is 4.95. The first kappa shape index (κ1) is 14.0. The number of aromatic nitrogens is 2. The lowest BCUT2D eigenvalue weighted by Gasteiger charge is -2.10. The average molecular weight is 338 g/mol. The van der Waals surface area contributed by atoms with Gasteiger partial charge in [-0.3, -0.25) is 4.79 Å². The van der Waals surface area contributed by atoms with Gasteiger partial charge in [0.2, 0.25) is 0 Å². The fraction of sp³-hybridized carbons (Fsp3) is 0.308. The molecule has 0 saturated carbocycles. The Morgan fingerprint density at radius 1 is 1.47 bits per heavy atom. The molecule has 0 aliphatic carbocycles. The van der Waals surface area contributed by atoms with Gasteiger partial charge in [0.1, 0.15) is 16.6 Å². The van der Waals surface area contributed by atoms with Crippen molar-refractivity contribution in [3.8, 4) is 6.07 Å². The van der Waals surface area contributed by atoms with Crippen LogP contribution >= 0.6 is 27.3 Å². The molecule has 0 atom stereocenters. The van der Waals surface area contributed by atoms with Gasteiger partial charge in [0, 0.05) is 15.0 Å². The zero-order valence-corrected chi connectivity index (χ0v) is 13.2. The van der Waals surface area contributed by atoms with Crippen molar-refractivity contribution in [2.24, 2.45) is 0 Å². The molecule has 0 fully saturated rings. The van der Waals surface area contributed by atoms with Gasteiger partial charge in [-0.25, -0.2) is 4.98 Å². The van der Waals surface area contributed by atoms with Crippen LogP contribution in [-0.4, -0.2) is 9.55 Å². The topological polar surface area (TPSA) is 58.7 Å². The molecule has 0 aliphatic rings. The largest absolute Gasteiger partial charge is 0.304 e. The summed E-state index contributed by atoms with van der Waals surface area (Å²) in [5, 5.41) is 9.85. The third kappa shape index (κ3) is 2.62. The van der Waals surface area contributed by atoms with Crippen LogP contribution in [0.3, 0.4) is 0 Å². The second-order valence-electron chi connectivity index (χ2n) is 4.24. The molecule has 2 aromatic heterocycles. The predicted octanol–water partition coefficient (Wildman–Crippen LogP) is 2.91. The molecule has 2 heterocycles. The van der Waals surface area contributed by atoms with Crippen LogP contribution < -0.4 is 5.56 Å². The first-order valence-electron chi connectivity index (χ1n) is 5.67. The first-order chi connectivity index (χ1) is 8.93. The maximum Gasteiger partial charge on any atom is 0.269 e. The molecular weight excluding hydrogens is 326 g/mol. The van der Waals surface area contributed by atoms with Crippen LogP contribution in [0, 0.1) is 32.1 Å². The summed E-state index contributed by atoms with van der Waals surface area (Å²) in [5.41, 5.74) is 1.66. The normalized spacial score (nSPS) is 10.5. The van der Waals surface area contributed by atoms with Gasteiger partial charge in [0.05, 0.1) is 12.2 Å². The van der Waals surface area contributed by atoms with Crippen molar-refractivity contribution < 1.29 is 0 Å². The van der Waals surface area contributed by atoms with Gasteiger partial charge >= 0.3 is 0 Å². The molecule has 98 valence electrons. The summed E-state index contributed by atoms with van der Waals surface area (Å²) in [6, 6.07) is 3.49. The number of nitrogens with zero attached hydrogens (tertiary/aromatic N) is 3. The van der Waals surface area contributed by atoms with E-state index in [2.05, 4.69) is 20.9 Å². The Bertz CT molecular complexity index is 720. The lowest BCUT2D eigenvalue weighted by atomic mass is 10.2. The van der Waals surface area contributed by atoms with E-state index in [1.165, 1.54) is 0 Å². The molecule has 0 aliphatic heterocycles. The van der Waals surface area contributed by atoms with E-state index in [0.29, 0.717) is 6.54 Å². The molecule has 2 aromatic rings. The van der Waals surface area contributed by atoms with E-state index in [0.717, 1.165) is 25.7 Å². The van der Waals surface area contributed by atoms with Crippen LogP contribution in [0.4, 0.5) is 0 Å². The molecule has 0 unspecified atom stereocenters. The lowest BCUT2D eigenvalue weighted by molar-refractivity contribution is 0.717. The van der Waals surface area contributed by atoms with Crippen LogP contribution in [0.2, 0.25) is 0 Å². The number of nitriles is 1. The van der Waals surface area contributed by atoms with Crippen molar-refractivity contribution in [1.82, 2.24) is 9.55 Å². The molecule has 0 saturated heterocycles. The van der Waals surface area contributed by atoms with E-state index < -0.39 is 0 Å². The molecule has 2 rings (SSSR count). The van der Waals surface area contributed by atoms with E-state index in [-0.39, 0.29) is 11.1 Å². The molecular formula is C13H12BrN3OS. The molecule has 6 heteroatoms. The zero-order valence-electron chi connectivity index (χ0n) is 10.8. The Balaban J connectivity index is 2.54. The SMILES string of the molecule is Cc1nc(Cn2c(C)c(Br)cc(C#N)c2=O)sc1C. The van der Waals surface area contributed by atoms with E-state index in [4.69, 9.17) is 5.26 Å². The molecule has 19 heavy (non-hydrogen) atoms. The van der Waals surface area contributed by atoms with Gasteiger partial charge in [-0.1, -0.05) is 0 Å². The number of hydrogen-bond donors (Lipinski definition) is 0. The minimum absolute atomic E-state index is 0.141. The highest BCUT2D eigenvalue weighted by Gasteiger charge is 2.12. The summed E-state index contributed by atoms with van der Waals surface area (Å²) in [6.07, 6.45) is 0. The maximum absolute atomic E-state index is 12.2. The van der Waals surface area contributed by atoms with Crippen molar-refractivity contribution >= 4 is 27.3 Å². The standard InChI is InChI=1S/C13H12BrN3OS/c1-7-9(3)19-12(16-7)6-17-8(2)11(14)4-10(5-15)13(17)18/h4H,6H2,1-3H3. The van der Waals surface area contributed by atoms with Crippen molar-refractivity contribution in [2.75, 3.05) is 0 Å². The van der Waals surface area contributed by atoms with E-state index >= 15 is 0 Å². The fourth-order valence-corrected chi connectivity index (χ4v) is 3.10. The van der Waals surface area contributed by atoms with Gasteiger partial charge in [0.25, 0.3) is 5.56 Å². The summed E-state index contributed by atoms with van der Waals surface area (Å²) < 4.78 is 2.34. The number of aryl methyl sites for hydroxylation is 2. The van der Waals surface area contributed by atoms with Crippen LogP contribution in [0.5, 0.6) is 0 Å². The molecule has 4 nitrogen and oxygen atoms in total. The lowest BCUT2D eigenvalue weighted by Crippen LogP contribution is -2.25. The fourth-order valence-electron chi connectivity index (χ4n) is 1.73. The third-order valence-corrected chi connectivity index (χ3v) is 4.84. The van der Waals surface area contributed by atoms with Crippen molar-refractivity contribution in [2.45, 2.75) is 27.3 Å². The smallest absolute Gasteiger partial charge is 0.269 e. The Kier molecular flexibility index (Phi) is 3.88. The summed E-state index contributed by atoms with van der Waals surface area (Å²) in [7, 11) is 0. The molecule has 0 amide bonds. The quantitative estimate of drug-likeness (QED) is 0.846. The summed E-state index contributed by atoms with van der Waals surface area (Å²) in [4.78, 5) is 17.7. The second-order valence-corrected chi connectivity index (χ2v) is 6.39. The van der Waals surface area contributed by atoms with E-state index in [9.17, 15) is 4.79 Å². The average Bonchev–Trinajstić information content (AvgIpc) is 2.68. The monoisotopic (exact) mass is 337 g/mol. The van der Waals surface area contributed by atoms with Gasteiger partial charge in [-0.2, -0.15) is 5.26 Å². The maximum atomic E-state index is 12.2. The Hall–Kier alpha value is -1.45. The molecule has 0 spiro atoms. The van der Waals surface area contributed by atoms with Gasteiger partial charge in [-0.15, -0.1) is 11.3 Å². The van der Waals surface area contributed by atoms with Gasteiger partial charge in [-0.05, 0) is 42.8 Å². The third-order valence-electron chi connectivity index (χ3n) is 2.98. The highest BCUT2D eigenvalue weighted by molar-refractivity contribution is 9.10. The number of halogens is 1. The van der Waals surface area contributed by atoms with Crippen molar-refractivity contribution in [3.63, 3.8) is 0 Å². The zero-order chi connectivity index (χ0) is 14.2. The highest BCUT2D eigenvalue weighted by Crippen LogP contribution is 2.20. The van der Waals surface area contributed by atoms with Gasteiger partial charge in [0.15, 0.2) is 0 Å². The number of pyridine rings is 1. The number of rotatable bonds is 2.